The maximum Gasteiger partial charge on any atom is 0.231 e. The van der Waals surface area contributed by atoms with Crippen LogP contribution in [0.15, 0.2) is 42.5 Å². The molecule has 1 saturated carbocycles. The molecular weight excluding hydrogens is 441 g/mol. The minimum absolute atomic E-state index is 0.0854. The molecule has 0 radical (unpaired) electrons. The van der Waals surface area contributed by atoms with Crippen LogP contribution >= 0.6 is 34.8 Å². The summed E-state index contributed by atoms with van der Waals surface area (Å²) in [6.45, 7) is 2.57. The first-order valence-corrected chi connectivity index (χ1v) is 11.4. The van der Waals surface area contributed by atoms with Gasteiger partial charge in [0, 0.05) is 41.2 Å². The normalized spacial score (nSPS) is 31.1. The van der Waals surface area contributed by atoms with Gasteiger partial charge in [-0.05, 0) is 67.0 Å². The van der Waals surface area contributed by atoms with Gasteiger partial charge in [0.15, 0.2) is 0 Å². The minimum atomic E-state index is -0.525. The van der Waals surface area contributed by atoms with E-state index in [1.807, 2.05) is 42.3 Å². The highest BCUT2D eigenvalue weighted by molar-refractivity contribution is 6.35. The van der Waals surface area contributed by atoms with Gasteiger partial charge in [-0.1, -0.05) is 53.0 Å². The third-order valence-electron chi connectivity index (χ3n) is 7.26. The van der Waals surface area contributed by atoms with Crippen LogP contribution in [0.2, 0.25) is 15.1 Å². The van der Waals surface area contributed by atoms with E-state index < -0.39 is 5.41 Å². The summed E-state index contributed by atoms with van der Waals surface area (Å²) in [5.74, 6) is 0.560. The second kappa shape index (κ2) is 8.35. The third kappa shape index (κ3) is 3.44. The highest BCUT2D eigenvalue weighted by Gasteiger charge is 2.62. The number of nitrogens with zero attached hydrogens (tertiary/aromatic N) is 1. The first kappa shape index (κ1) is 22.0. The Kier molecular flexibility index (Phi) is 6.11. The van der Waals surface area contributed by atoms with Crippen molar-refractivity contribution in [1.29, 1.82) is 0 Å². The molecule has 1 aliphatic heterocycles. The van der Waals surface area contributed by atoms with E-state index in [2.05, 4.69) is 19.1 Å². The van der Waals surface area contributed by atoms with Crippen LogP contribution < -0.4 is 0 Å². The number of carbonyl (C=O) groups excluding carboxylic acids is 1. The Bertz CT molecular complexity index is 948. The van der Waals surface area contributed by atoms with E-state index in [-0.39, 0.29) is 29.7 Å². The number of halogens is 3. The summed E-state index contributed by atoms with van der Waals surface area (Å²) in [7, 11) is 3.59. The van der Waals surface area contributed by atoms with Crippen LogP contribution in [0.25, 0.3) is 0 Å². The quantitative estimate of drug-likeness (QED) is 0.520. The molecule has 3 nitrogen and oxygen atoms in total. The Labute approximate surface area is 193 Å². The number of amides is 1. The molecule has 2 aliphatic rings. The number of methoxy groups -OCH3 is 1. The lowest BCUT2D eigenvalue weighted by Gasteiger charge is -2.47. The fourth-order valence-electron chi connectivity index (χ4n) is 5.91. The van der Waals surface area contributed by atoms with Crippen molar-refractivity contribution in [3.63, 3.8) is 0 Å². The molecule has 160 valence electrons. The Hall–Kier alpha value is -1.26. The van der Waals surface area contributed by atoms with Crippen LogP contribution in [0.5, 0.6) is 0 Å². The highest BCUT2D eigenvalue weighted by atomic mass is 35.5. The molecule has 0 spiro atoms. The molecule has 1 heterocycles. The molecule has 30 heavy (non-hydrogen) atoms. The van der Waals surface area contributed by atoms with E-state index in [9.17, 15) is 4.79 Å². The van der Waals surface area contributed by atoms with Crippen LogP contribution in [0.3, 0.4) is 0 Å². The summed E-state index contributed by atoms with van der Waals surface area (Å²) >= 11 is 19.0. The lowest BCUT2D eigenvalue weighted by molar-refractivity contribution is -0.141. The van der Waals surface area contributed by atoms with Crippen molar-refractivity contribution in [2.24, 2.45) is 11.3 Å². The standard InChI is InChI=1S/C24H26Cl3NO2/c1-14-22-21(15-4-6-16(25)7-5-15)19(18-9-8-17(26)12-20(18)27)10-11-24(22,13-30-3)23(29)28(14)2/h4-9,12,14,19,21-22H,10-11,13H2,1-3H3/t14-,19+,21+,22+,24+/m1/s1. The molecule has 2 aromatic carbocycles. The fraction of sp³-hybridized carbons (Fsp3) is 0.458. The van der Waals surface area contributed by atoms with Gasteiger partial charge in [0.2, 0.25) is 5.91 Å². The van der Waals surface area contributed by atoms with Gasteiger partial charge in [-0.3, -0.25) is 4.79 Å². The highest BCUT2D eigenvalue weighted by Crippen LogP contribution is 2.61. The predicted octanol–water partition coefficient (Wildman–Crippen LogP) is 6.42. The molecule has 6 heteroatoms. The first-order valence-electron chi connectivity index (χ1n) is 10.3. The van der Waals surface area contributed by atoms with E-state index in [4.69, 9.17) is 39.5 Å². The Morgan fingerprint density at radius 3 is 2.40 bits per heavy atom. The average molecular weight is 467 g/mol. The van der Waals surface area contributed by atoms with Gasteiger partial charge >= 0.3 is 0 Å². The van der Waals surface area contributed by atoms with Gasteiger partial charge < -0.3 is 9.64 Å². The molecule has 0 aromatic heterocycles. The molecule has 1 amide bonds. The minimum Gasteiger partial charge on any atom is -0.384 e. The summed E-state index contributed by atoms with van der Waals surface area (Å²) in [4.78, 5) is 15.3. The van der Waals surface area contributed by atoms with Crippen molar-refractivity contribution in [2.75, 3.05) is 20.8 Å². The fourth-order valence-corrected chi connectivity index (χ4v) is 6.58. The SMILES string of the molecule is COC[C@@]12CC[C@@H](c3ccc(Cl)cc3Cl)[C@H](c3ccc(Cl)cc3)[C@@H]1[C@@H](C)N(C)C2=O. The van der Waals surface area contributed by atoms with Crippen LogP contribution in [0.1, 0.15) is 42.7 Å². The smallest absolute Gasteiger partial charge is 0.231 e. The van der Waals surface area contributed by atoms with E-state index in [1.54, 1.807) is 7.11 Å². The monoisotopic (exact) mass is 465 g/mol. The van der Waals surface area contributed by atoms with E-state index in [0.717, 1.165) is 18.4 Å². The van der Waals surface area contributed by atoms with Crippen molar-refractivity contribution >= 4 is 40.7 Å². The van der Waals surface area contributed by atoms with Crippen LogP contribution in [0, 0.1) is 11.3 Å². The Morgan fingerprint density at radius 2 is 1.77 bits per heavy atom. The maximum atomic E-state index is 13.4. The van der Waals surface area contributed by atoms with E-state index >= 15 is 0 Å². The Balaban J connectivity index is 1.89. The molecule has 0 unspecified atom stereocenters. The molecule has 2 aromatic rings. The zero-order chi connectivity index (χ0) is 21.6. The van der Waals surface area contributed by atoms with E-state index in [0.29, 0.717) is 21.7 Å². The van der Waals surface area contributed by atoms with Gasteiger partial charge in [0.25, 0.3) is 0 Å². The lowest BCUT2D eigenvalue weighted by Crippen LogP contribution is -2.47. The largest absolute Gasteiger partial charge is 0.384 e. The summed E-state index contributed by atoms with van der Waals surface area (Å²) in [6.07, 6.45) is 1.62. The predicted molar refractivity (Wildman–Crippen MR) is 123 cm³/mol. The van der Waals surface area contributed by atoms with E-state index in [1.165, 1.54) is 5.56 Å². The van der Waals surface area contributed by atoms with Crippen molar-refractivity contribution in [3.05, 3.63) is 68.7 Å². The second-order valence-electron chi connectivity index (χ2n) is 8.66. The second-order valence-corrected chi connectivity index (χ2v) is 9.94. The lowest BCUT2D eigenvalue weighted by atomic mass is 9.55. The summed E-state index contributed by atoms with van der Waals surface area (Å²) in [5, 5.41) is 2.00. The number of fused-ring (bicyclic) bond motifs is 1. The molecule has 1 aliphatic carbocycles. The maximum absolute atomic E-state index is 13.4. The van der Waals surface area contributed by atoms with Gasteiger partial charge in [-0.15, -0.1) is 0 Å². The van der Waals surface area contributed by atoms with Gasteiger partial charge in [-0.2, -0.15) is 0 Å². The van der Waals surface area contributed by atoms with Gasteiger partial charge in [0.05, 0.1) is 12.0 Å². The van der Waals surface area contributed by atoms with Gasteiger partial charge in [0.1, 0.15) is 0 Å². The molecule has 0 bridgehead atoms. The molecular formula is C24H26Cl3NO2. The number of rotatable bonds is 4. The summed E-state index contributed by atoms with van der Waals surface area (Å²) in [6, 6.07) is 13.8. The zero-order valence-electron chi connectivity index (χ0n) is 17.4. The van der Waals surface area contributed by atoms with Crippen molar-refractivity contribution < 1.29 is 9.53 Å². The number of ether oxygens (including phenoxy) is 1. The molecule has 4 rings (SSSR count). The number of carbonyl (C=O) groups is 1. The van der Waals surface area contributed by atoms with Crippen molar-refractivity contribution in [1.82, 2.24) is 4.90 Å². The molecule has 2 fully saturated rings. The molecule has 5 atom stereocenters. The van der Waals surface area contributed by atoms with Crippen LogP contribution in [0.4, 0.5) is 0 Å². The van der Waals surface area contributed by atoms with Crippen LogP contribution in [-0.2, 0) is 9.53 Å². The third-order valence-corrected chi connectivity index (χ3v) is 8.07. The van der Waals surface area contributed by atoms with Crippen molar-refractivity contribution in [3.8, 4) is 0 Å². The van der Waals surface area contributed by atoms with Gasteiger partial charge in [-0.25, -0.2) is 0 Å². The Morgan fingerprint density at radius 1 is 1.10 bits per heavy atom. The first-order chi connectivity index (χ1) is 14.3. The molecule has 0 N–H and O–H groups in total. The van der Waals surface area contributed by atoms with Crippen molar-refractivity contribution in [2.45, 2.75) is 37.6 Å². The summed E-state index contributed by atoms with van der Waals surface area (Å²) in [5.41, 5.74) is 1.74. The average Bonchev–Trinajstić information content (AvgIpc) is 2.90. The number of benzene rings is 2. The topological polar surface area (TPSA) is 29.5 Å². The molecule has 1 saturated heterocycles. The number of hydrogen-bond donors (Lipinski definition) is 0. The summed E-state index contributed by atoms with van der Waals surface area (Å²) < 4.78 is 5.62. The number of likely N-dealkylation sites (tertiary alicyclic amines) is 1. The van der Waals surface area contributed by atoms with Crippen LogP contribution in [-0.4, -0.2) is 37.6 Å². The number of hydrogen-bond acceptors (Lipinski definition) is 2. The zero-order valence-corrected chi connectivity index (χ0v) is 19.6.